The van der Waals surface area contributed by atoms with Gasteiger partial charge in [-0.2, -0.15) is 0 Å². The number of aldehydes is 1. The first-order chi connectivity index (χ1) is 10.4. The van der Waals surface area contributed by atoms with Gasteiger partial charge in [0, 0.05) is 5.56 Å². The third-order valence-electron chi connectivity index (χ3n) is 7.73. The number of allylic oxidation sites excluding steroid dienone is 2. The molecule has 6 rings (SSSR count). The molecule has 0 aliphatic heterocycles. The Morgan fingerprint density at radius 1 is 0.952 bits per heavy atom. The summed E-state index contributed by atoms with van der Waals surface area (Å²) in [5.41, 5.74) is 3.93. The van der Waals surface area contributed by atoms with Gasteiger partial charge in [0.2, 0.25) is 0 Å². The second kappa shape index (κ2) is 3.51. The van der Waals surface area contributed by atoms with Crippen molar-refractivity contribution in [2.24, 2.45) is 41.4 Å². The topological polar surface area (TPSA) is 17.1 Å². The van der Waals surface area contributed by atoms with Crippen LogP contribution in [0.25, 0.3) is 0 Å². The minimum Gasteiger partial charge on any atom is -0.298 e. The molecule has 0 N–H and O–H groups in total. The fourth-order valence-corrected chi connectivity index (χ4v) is 7.44. The molecule has 3 saturated carbocycles. The lowest BCUT2D eigenvalue weighted by Crippen LogP contribution is -2.34. The minimum atomic E-state index is 0.709. The molecule has 106 valence electrons. The second-order valence-electron chi connectivity index (χ2n) is 8.10. The Labute approximate surface area is 125 Å². The normalized spacial score (nSPS) is 50.3. The van der Waals surface area contributed by atoms with Gasteiger partial charge in [-0.1, -0.05) is 30.4 Å². The lowest BCUT2D eigenvalue weighted by Gasteiger charge is -2.39. The lowest BCUT2D eigenvalue weighted by molar-refractivity contribution is 0.111. The zero-order chi connectivity index (χ0) is 13.7. The molecule has 0 amide bonds. The van der Waals surface area contributed by atoms with Gasteiger partial charge in [-0.05, 0) is 77.7 Å². The molecule has 0 heterocycles. The average Bonchev–Trinajstić information content (AvgIpc) is 3.26. The first-order valence-electron chi connectivity index (χ1n) is 8.62. The number of carbonyl (C=O) groups is 1. The lowest BCUT2D eigenvalue weighted by atomic mass is 9.65. The predicted molar refractivity (Wildman–Crippen MR) is 81.1 cm³/mol. The Morgan fingerprint density at radius 2 is 1.76 bits per heavy atom. The van der Waals surface area contributed by atoms with Crippen molar-refractivity contribution in [2.75, 3.05) is 0 Å². The average molecular weight is 276 g/mol. The van der Waals surface area contributed by atoms with Crippen molar-refractivity contribution < 1.29 is 4.79 Å². The number of fused-ring (bicyclic) bond motifs is 14. The molecule has 8 atom stereocenters. The molecule has 8 unspecified atom stereocenters. The van der Waals surface area contributed by atoms with Crippen molar-refractivity contribution in [3.63, 3.8) is 0 Å². The molecule has 1 nitrogen and oxygen atoms in total. The van der Waals surface area contributed by atoms with Crippen LogP contribution in [0.5, 0.6) is 0 Å². The number of benzene rings is 1. The van der Waals surface area contributed by atoms with Crippen LogP contribution < -0.4 is 0 Å². The molecule has 0 spiro atoms. The summed E-state index contributed by atoms with van der Waals surface area (Å²) >= 11 is 0. The highest BCUT2D eigenvalue weighted by Gasteiger charge is 2.66. The summed E-state index contributed by atoms with van der Waals surface area (Å²) < 4.78 is 0. The van der Waals surface area contributed by atoms with Crippen molar-refractivity contribution >= 4 is 6.29 Å². The van der Waals surface area contributed by atoms with Crippen molar-refractivity contribution in [2.45, 2.75) is 25.2 Å². The zero-order valence-corrected chi connectivity index (χ0v) is 12.1. The van der Waals surface area contributed by atoms with Crippen LogP contribution in [0, 0.1) is 41.4 Å². The van der Waals surface area contributed by atoms with Crippen LogP contribution in [0.4, 0.5) is 0 Å². The minimum absolute atomic E-state index is 0.709. The van der Waals surface area contributed by atoms with E-state index in [0.29, 0.717) is 5.92 Å². The van der Waals surface area contributed by atoms with E-state index in [0.717, 1.165) is 53.3 Å². The molecular formula is C20H20O. The predicted octanol–water partition coefficient (Wildman–Crippen LogP) is 3.84. The highest BCUT2D eigenvalue weighted by Crippen LogP contribution is 2.72. The van der Waals surface area contributed by atoms with Gasteiger partial charge in [0.25, 0.3) is 0 Å². The molecule has 1 heteroatoms. The van der Waals surface area contributed by atoms with Gasteiger partial charge >= 0.3 is 0 Å². The van der Waals surface area contributed by atoms with Gasteiger partial charge in [0.05, 0.1) is 0 Å². The maximum Gasteiger partial charge on any atom is 0.150 e. The Bertz CT molecular complexity index is 687. The van der Waals surface area contributed by atoms with Crippen LogP contribution >= 0.6 is 0 Å². The van der Waals surface area contributed by atoms with Gasteiger partial charge in [-0.3, -0.25) is 4.79 Å². The number of rotatable bonds is 1. The molecule has 5 aliphatic rings. The molecule has 0 aromatic heterocycles. The summed E-state index contributed by atoms with van der Waals surface area (Å²) in [6.07, 6.45) is 10.3. The van der Waals surface area contributed by atoms with E-state index < -0.39 is 0 Å². The summed E-state index contributed by atoms with van der Waals surface area (Å²) in [5, 5.41) is 0. The van der Waals surface area contributed by atoms with Gasteiger partial charge in [0.15, 0.2) is 0 Å². The van der Waals surface area contributed by atoms with Crippen LogP contribution in [0.2, 0.25) is 0 Å². The molecule has 1 aromatic rings. The molecule has 5 aliphatic carbocycles. The van der Waals surface area contributed by atoms with E-state index in [4.69, 9.17) is 0 Å². The maximum absolute atomic E-state index is 11.5. The molecule has 3 fully saturated rings. The van der Waals surface area contributed by atoms with E-state index in [1.807, 2.05) is 6.07 Å². The number of hydrogen-bond acceptors (Lipinski definition) is 1. The summed E-state index contributed by atoms with van der Waals surface area (Å²) in [6.45, 7) is 0. The van der Waals surface area contributed by atoms with Crippen LogP contribution in [0.1, 0.15) is 40.2 Å². The first kappa shape index (κ1) is 11.2. The second-order valence-corrected chi connectivity index (χ2v) is 8.10. The quantitative estimate of drug-likeness (QED) is 0.432. The smallest absolute Gasteiger partial charge is 0.150 e. The SMILES string of the molecule is O=Cc1cccc2c1C1C(C2)C2CC1C1C3C=CC(C3)C21. The highest BCUT2D eigenvalue weighted by atomic mass is 16.1. The Kier molecular flexibility index (Phi) is 1.88. The Hall–Kier alpha value is -1.37. The van der Waals surface area contributed by atoms with E-state index in [9.17, 15) is 4.79 Å². The third-order valence-corrected chi connectivity index (χ3v) is 7.73. The summed E-state index contributed by atoms with van der Waals surface area (Å²) in [7, 11) is 0. The van der Waals surface area contributed by atoms with Gasteiger partial charge < -0.3 is 0 Å². The summed E-state index contributed by atoms with van der Waals surface area (Å²) in [5.74, 6) is 7.05. The van der Waals surface area contributed by atoms with Gasteiger partial charge in [-0.15, -0.1) is 0 Å². The number of carbonyl (C=O) groups excluding carboxylic acids is 1. The van der Waals surface area contributed by atoms with E-state index >= 15 is 0 Å². The van der Waals surface area contributed by atoms with E-state index in [2.05, 4.69) is 24.3 Å². The molecule has 0 radical (unpaired) electrons. The summed E-state index contributed by atoms with van der Waals surface area (Å²) in [6, 6.07) is 6.40. The zero-order valence-electron chi connectivity index (χ0n) is 12.1. The molecule has 1 aromatic carbocycles. The summed E-state index contributed by atoms with van der Waals surface area (Å²) in [4.78, 5) is 11.5. The third kappa shape index (κ3) is 1.13. The van der Waals surface area contributed by atoms with Gasteiger partial charge in [-0.25, -0.2) is 0 Å². The molecule has 21 heavy (non-hydrogen) atoms. The van der Waals surface area contributed by atoms with Crippen molar-refractivity contribution in [1.82, 2.24) is 0 Å². The molecule has 4 bridgehead atoms. The fourth-order valence-electron chi connectivity index (χ4n) is 7.44. The van der Waals surface area contributed by atoms with Crippen molar-refractivity contribution in [3.05, 3.63) is 47.0 Å². The van der Waals surface area contributed by atoms with Crippen LogP contribution in [0.3, 0.4) is 0 Å². The van der Waals surface area contributed by atoms with Crippen LogP contribution in [0.15, 0.2) is 30.4 Å². The Balaban J connectivity index is 1.51. The molecular weight excluding hydrogens is 256 g/mol. The standard InChI is InChI=1S/C20H20O/c21-9-13-3-1-2-10-7-14-15-8-16(20(14)17(10)13)19-12-5-4-11(6-12)18(15)19/h1-5,9,11-12,14-16,18-20H,6-8H2. The maximum atomic E-state index is 11.5. The van der Waals surface area contributed by atoms with Crippen molar-refractivity contribution in [1.29, 1.82) is 0 Å². The first-order valence-corrected chi connectivity index (χ1v) is 8.62. The van der Waals surface area contributed by atoms with Crippen LogP contribution in [-0.2, 0) is 6.42 Å². The number of hydrogen-bond donors (Lipinski definition) is 0. The molecule has 0 saturated heterocycles. The fraction of sp³-hybridized carbons (Fsp3) is 0.550. The van der Waals surface area contributed by atoms with Crippen molar-refractivity contribution in [3.8, 4) is 0 Å². The monoisotopic (exact) mass is 276 g/mol. The van der Waals surface area contributed by atoms with E-state index in [1.165, 1.54) is 30.4 Å². The van der Waals surface area contributed by atoms with Crippen LogP contribution in [-0.4, -0.2) is 6.29 Å². The highest BCUT2D eigenvalue weighted by molar-refractivity contribution is 5.79. The van der Waals surface area contributed by atoms with E-state index in [-0.39, 0.29) is 0 Å². The van der Waals surface area contributed by atoms with Gasteiger partial charge in [0.1, 0.15) is 6.29 Å². The Morgan fingerprint density at radius 3 is 2.57 bits per heavy atom. The largest absolute Gasteiger partial charge is 0.298 e. The van der Waals surface area contributed by atoms with E-state index in [1.54, 1.807) is 0 Å².